The lowest BCUT2D eigenvalue weighted by molar-refractivity contribution is -0.116. The molecule has 0 bridgehead atoms. The highest BCUT2D eigenvalue weighted by Crippen LogP contribution is 2.11. The van der Waals surface area contributed by atoms with E-state index in [1.807, 2.05) is 23.9 Å². The van der Waals surface area contributed by atoms with Gasteiger partial charge in [0.2, 0.25) is 5.91 Å². The molecule has 1 aromatic rings. The molecule has 0 spiro atoms. The Hall–Kier alpha value is -0.490. The van der Waals surface area contributed by atoms with Crippen LogP contribution in [0, 0.1) is 0 Å². The fourth-order valence-corrected chi connectivity index (χ4v) is 2.55. The molecule has 2 heterocycles. The third kappa shape index (κ3) is 5.91. The third-order valence-corrected chi connectivity index (χ3v) is 3.49. The van der Waals surface area contributed by atoms with Gasteiger partial charge in [0.25, 0.3) is 0 Å². The second-order valence-electron chi connectivity index (χ2n) is 3.69. The van der Waals surface area contributed by atoms with Crippen molar-refractivity contribution in [2.24, 2.45) is 0 Å². The van der Waals surface area contributed by atoms with Gasteiger partial charge in [0.05, 0.1) is 0 Å². The van der Waals surface area contributed by atoms with E-state index in [1.165, 1.54) is 0 Å². The topological polar surface area (TPSA) is 54.0 Å². The minimum absolute atomic E-state index is 0. The Labute approximate surface area is 124 Å². The highest BCUT2D eigenvalue weighted by molar-refractivity contribution is 7.99. The average molecular weight is 310 g/mol. The van der Waals surface area contributed by atoms with E-state index in [9.17, 15) is 4.79 Å². The number of nitrogens with one attached hydrogen (secondary N) is 2. The molecule has 0 aromatic carbocycles. The van der Waals surface area contributed by atoms with Crippen LogP contribution in [0.5, 0.6) is 0 Å². The van der Waals surface area contributed by atoms with Gasteiger partial charge in [-0.1, -0.05) is 6.07 Å². The van der Waals surface area contributed by atoms with Gasteiger partial charge in [0.1, 0.15) is 5.82 Å². The largest absolute Gasteiger partial charge is 0.312 e. The van der Waals surface area contributed by atoms with Crippen LogP contribution in [0.15, 0.2) is 24.4 Å². The summed E-state index contributed by atoms with van der Waals surface area (Å²) in [5.41, 5.74) is 0. The van der Waals surface area contributed by atoms with E-state index in [-0.39, 0.29) is 30.7 Å². The molecule has 102 valence electrons. The number of aromatic nitrogens is 1. The van der Waals surface area contributed by atoms with Crippen molar-refractivity contribution in [2.75, 3.05) is 23.4 Å². The minimum Gasteiger partial charge on any atom is -0.312 e. The quantitative estimate of drug-likeness (QED) is 0.896. The number of thioether (sulfide) groups is 1. The summed E-state index contributed by atoms with van der Waals surface area (Å²) in [6.07, 6.45) is 2.19. The third-order valence-electron chi connectivity index (χ3n) is 2.36. The van der Waals surface area contributed by atoms with Crippen molar-refractivity contribution < 1.29 is 4.79 Å². The van der Waals surface area contributed by atoms with Crippen LogP contribution in [0.1, 0.15) is 6.42 Å². The van der Waals surface area contributed by atoms with Crippen LogP contribution >= 0.6 is 36.6 Å². The molecule has 1 aromatic heterocycles. The molecule has 1 saturated heterocycles. The van der Waals surface area contributed by atoms with E-state index < -0.39 is 0 Å². The molecule has 0 radical (unpaired) electrons. The zero-order valence-corrected chi connectivity index (χ0v) is 12.2. The Morgan fingerprint density at radius 2 is 2.33 bits per heavy atom. The molecule has 1 unspecified atom stereocenters. The Bertz CT molecular complexity index is 347. The molecule has 18 heavy (non-hydrogen) atoms. The molecular weight excluding hydrogens is 293 g/mol. The van der Waals surface area contributed by atoms with E-state index in [4.69, 9.17) is 0 Å². The lowest BCUT2D eigenvalue weighted by atomic mass is 10.2. The predicted molar refractivity (Wildman–Crippen MR) is 81.1 cm³/mol. The SMILES string of the molecule is Cl.Cl.O=C(CC1CSCCN1)Nc1ccccn1. The molecule has 1 fully saturated rings. The van der Waals surface area contributed by atoms with Gasteiger partial charge in [-0.3, -0.25) is 4.79 Å². The van der Waals surface area contributed by atoms with Crippen LogP contribution in [0.25, 0.3) is 0 Å². The number of carbonyl (C=O) groups excluding carboxylic acids is 1. The van der Waals surface area contributed by atoms with E-state index in [1.54, 1.807) is 12.3 Å². The lowest BCUT2D eigenvalue weighted by Gasteiger charge is -2.22. The molecule has 1 amide bonds. The van der Waals surface area contributed by atoms with Crippen LogP contribution < -0.4 is 10.6 Å². The van der Waals surface area contributed by atoms with Crippen molar-refractivity contribution in [1.29, 1.82) is 0 Å². The molecule has 1 aliphatic rings. The molecule has 0 saturated carbocycles. The van der Waals surface area contributed by atoms with Crippen LogP contribution in [-0.4, -0.2) is 35.0 Å². The normalized spacial score (nSPS) is 18.1. The summed E-state index contributed by atoms with van der Waals surface area (Å²) < 4.78 is 0. The van der Waals surface area contributed by atoms with Gasteiger partial charge in [-0.25, -0.2) is 4.98 Å². The first-order valence-electron chi connectivity index (χ1n) is 5.36. The van der Waals surface area contributed by atoms with E-state index in [0.29, 0.717) is 18.3 Å². The van der Waals surface area contributed by atoms with Gasteiger partial charge in [0, 0.05) is 36.7 Å². The molecule has 2 N–H and O–H groups in total. The monoisotopic (exact) mass is 309 g/mol. The van der Waals surface area contributed by atoms with Crippen LogP contribution in [0.3, 0.4) is 0 Å². The second kappa shape index (κ2) is 9.44. The minimum atomic E-state index is 0. The number of amides is 1. The average Bonchev–Trinajstić information content (AvgIpc) is 2.31. The zero-order chi connectivity index (χ0) is 11.2. The number of rotatable bonds is 3. The first-order valence-corrected chi connectivity index (χ1v) is 6.52. The van der Waals surface area contributed by atoms with Crippen molar-refractivity contribution in [3.8, 4) is 0 Å². The second-order valence-corrected chi connectivity index (χ2v) is 4.84. The molecule has 2 rings (SSSR count). The Morgan fingerprint density at radius 1 is 1.50 bits per heavy atom. The fourth-order valence-electron chi connectivity index (χ4n) is 1.61. The van der Waals surface area contributed by atoms with Gasteiger partial charge in [-0.15, -0.1) is 24.8 Å². The van der Waals surface area contributed by atoms with Crippen molar-refractivity contribution >= 4 is 48.3 Å². The standard InChI is InChI=1S/C11H15N3OS.2ClH/c15-11(7-9-8-16-6-5-12-9)14-10-3-1-2-4-13-10;;/h1-4,9,12H,5-8H2,(H,13,14,15);2*1H. The number of halogens is 2. The Balaban J connectivity index is 0.00000144. The summed E-state index contributed by atoms with van der Waals surface area (Å²) in [6, 6.07) is 5.77. The number of hydrogen-bond donors (Lipinski definition) is 2. The molecule has 7 heteroatoms. The molecule has 1 atom stereocenters. The number of nitrogens with zero attached hydrogens (tertiary/aromatic N) is 1. The Morgan fingerprint density at radius 3 is 2.94 bits per heavy atom. The van der Waals surface area contributed by atoms with Crippen molar-refractivity contribution in [1.82, 2.24) is 10.3 Å². The van der Waals surface area contributed by atoms with E-state index in [0.717, 1.165) is 18.1 Å². The van der Waals surface area contributed by atoms with Crippen LogP contribution in [-0.2, 0) is 4.79 Å². The van der Waals surface area contributed by atoms with Gasteiger partial charge < -0.3 is 10.6 Å². The summed E-state index contributed by atoms with van der Waals surface area (Å²) in [6.45, 7) is 0.992. The van der Waals surface area contributed by atoms with Crippen molar-refractivity contribution in [3.63, 3.8) is 0 Å². The number of anilines is 1. The first kappa shape index (κ1) is 17.5. The zero-order valence-electron chi connectivity index (χ0n) is 9.80. The van der Waals surface area contributed by atoms with E-state index in [2.05, 4.69) is 15.6 Å². The summed E-state index contributed by atoms with van der Waals surface area (Å²) in [4.78, 5) is 15.7. The van der Waals surface area contributed by atoms with Crippen molar-refractivity contribution in [2.45, 2.75) is 12.5 Å². The number of hydrogen-bond acceptors (Lipinski definition) is 4. The molecule has 0 aliphatic carbocycles. The maximum Gasteiger partial charge on any atom is 0.227 e. The lowest BCUT2D eigenvalue weighted by Crippen LogP contribution is -2.39. The fraction of sp³-hybridized carbons (Fsp3) is 0.455. The number of pyridine rings is 1. The summed E-state index contributed by atoms with van der Waals surface area (Å²) in [7, 11) is 0. The first-order chi connectivity index (χ1) is 7.84. The van der Waals surface area contributed by atoms with E-state index >= 15 is 0 Å². The highest BCUT2D eigenvalue weighted by Gasteiger charge is 2.16. The molecule has 1 aliphatic heterocycles. The highest BCUT2D eigenvalue weighted by atomic mass is 35.5. The molecular formula is C11H17Cl2N3OS. The van der Waals surface area contributed by atoms with Crippen molar-refractivity contribution in [3.05, 3.63) is 24.4 Å². The maximum absolute atomic E-state index is 11.7. The molecule has 4 nitrogen and oxygen atoms in total. The van der Waals surface area contributed by atoms with Crippen LogP contribution in [0.2, 0.25) is 0 Å². The predicted octanol–water partition coefficient (Wildman–Crippen LogP) is 1.96. The van der Waals surface area contributed by atoms with Crippen LogP contribution in [0.4, 0.5) is 5.82 Å². The van der Waals surface area contributed by atoms with Gasteiger partial charge in [0.15, 0.2) is 0 Å². The number of carbonyl (C=O) groups is 1. The summed E-state index contributed by atoms with van der Waals surface area (Å²) in [5.74, 6) is 2.79. The Kier molecular flexibility index (Phi) is 9.18. The van der Waals surface area contributed by atoms with Gasteiger partial charge in [-0.2, -0.15) is 11.8 Å². The maximum atomic E-state index is 11.7. The van der Waals surface area contributed by atoms with Gasteiger partial charge >= 0.3 is 0 Å². The summed E-state index contributed by atoms with van der Waals surface area (Å²) >= 11 is 1.89. The smallest absolute Gasteiger partial charge is 0.227 e. The van der Waals surface area contributed by atoms with Gasteiger partial charge in [-0.05, 0) is 12.1 Å². The summed E-state index contributed by atoms with van der Waals surface area (Å²) in [5, 5.41) is 6.12.